The first kappa shape index (κ1) is 16.5. The molecule has 1 amide bonds. The Bertz CT molecular complexity index is 453. The fourth-order valence-corrected chi connectivity index (χ4v) is 2.12. The summed E-state index contributed by atoms with van der Waals surface area (Å²) < 4.78 is 5.78. The van der Waals surface area contributed by atoms with Crippen LogP contribution >= 0.6 is 0 Å². The second kappa shape index (κ2) is 7.29. The lowest BCUT2D eigenvalue weighted by Gasteiger charge is -2.24. The summed E-state index contributed by atoms with van der Waals surface area (Å²) >= 11 is 0. The molecule has 0 heterocycles. The van der Waals surface area contributed by atoms with Crippen molar-refractivity contribution in [3.05, 3.63) is 29.3 Å². The molecule has 2 atom stereocenters. The second-order valence-corrected chi connectivity index (χ2v) is 4.99. The van der Waals surface area contributed by atoms with Crippen LogP contribution in [0.15, 0.2) is 18.2 Å². The van der Waals surface area contributed by atoms with E-state index in [1.807, 2.05) is 39.0 Å². The number of likely N-dealkylation sites (N-methyl/N-ethyl adjacent to an activating group) is 1. The van der Waals surface area contributed by atoms with E-state index in [1.165, 1.54) is 0 Å². The van der Waals surface area contributed by atoms with E-state index in [1.54, 1.807) is 18.7 Å². The van der Waals surface area contributed by atoms with Gasteiger partial charge < -0.3 is 14.7 Å². The standard InChI is InChI=1S/C16H25NO3/c1-6-17(7-2)16(19)13(5)20-15-10-11(3)8-9-14(15)12(4)18/h8-10,12-13,18H,6-7H2,1-5H3/t12-,13?/m1/s1. The lowest BCUT2D eigenvalue weighted by Crippen LogP contribution is -2.40. The number of benzene rings is 1. The summed E-state index contributed by atoms with van der Waals surface area (Å²) in [5, 5.41) is 9.77. The summed E-state index contributed by atoms with van der Waals surface area (Å²) in [5.41, 5.74) is 1.74. The third-order valence-corrected chi connectivity index (χ3v) is 3.35. The smallest absolute Gasteiger partial charge is 0.263 e. The molecule has 0 aliphatic carbocycles. The minimum Gasteiger partial charge on any atom is -0.480 e. The molecule has 1 aromatic carbocycles. The van der Waals surface area contributed by atoms with E-state index < -0.39 is 12.2 Å². The number of carbonyl (C=O) groups is 1. The minimum absolute atomic E-state index is 0.0342. The third-order valence-electron chi connectivity index (χ3n) is 3.35. The molecule has 0 saturated heterocycles. The van der Waals surface area contributed by atoms with Crippen LogP contribution in [0.4, 0.5) is 0 Å². The highest BCUT2D eigenvalue weighted by Gasteiger charge is 2.21. The van der Waals surface area contributed by atoms with E-state index in [4.69, 9.17) is 4.74 Å². The van der Waals surface area contributed by atoms with Crippen molar-refractivity contribution in [1.82, 2.24) is 4.90 Å². The highest BCUT2D eigenvalue weighted by molar-refractivity contribution is 5.80. The van der Waals surface area contributed by atoms with Gasteiger partial charge in [-0.2, -0.15) is 0 Å². The van der Waals surface area contributed by atoms with Gasteiger partial charge in [-0.1, -0.05) is 12.1 Å². The molecule has 1 aromatic rings. The van der Waals surface area contributed by atoms with Gasteiger partial charge in [0.05, 0.1) is 6.10 Å². The molecule has 1 N–H and O–H groups in total. The molecule has 0 aliphatic heterocycles. The average molecular weight is 279 g/mol. The Balaban J connectivity index is 2.92. The maximum atomic E-state index is 12.2. The first-order valence-corrected chi connectivity index (χ1v) is 7.14. The third kappa shape index (κ3) is 3.97. The molecule has 1 unspecified atom stereocenters. The number of carbonyl (C=O) groups excluding carboxylic acids is 1. The van der Waals surface area contributed by atoms with Gasteiger partial charge in [-0.15, -0.1) is 0 Å². The van der Waals surface area contributed by atoms with Crippen LogP contribution in [-0.2, 0) is 4.79 Å². The fourth-order valence-electron chi connectivity index (χ4n) is 2.12. The van der Waals surface area contributed by atoms with Gasteiger partial charge in [0.1, 0.15) is 5.75 Å². The lowest BCUT2D eigenvalue weighted by atomic mass is 10.1. The number of hydrogen-bond acceptors (Lipinski definition) is 3. The van der Waals surface area contributed by atoms with Crippen LogP contribution in [0.1, 0.15) is 44.9 Å². The molecule has 20 heavy (non-hydrogen) atoms. The SMILES string of the molecule is CCN(CC)C(=O)C(C)Oc1cc(C)ccc1[C@@H](C)O. The van der Waals surface area contributed by atoms with Crippen molar-refractivity contribution >= 4 is 5.91 Å². The van der Waals surface area contributed by atoms with E-state index >= 15 is 0 Å². The Morgan fingerprint density at radius 2 is 1.90 bits per heavy atom. The Hall–Kier alpha value is -1.55. The van der Waals surface area contributed by atoms with E-state index in [2.05, 4.69) is 0 Å². The summed E-state index contributed by atoms with van der Waals surface area (Å²) in [7, 11) is 0. The number of aliphatic hydroxyl groups is 1. The molecule has 0 aliphatic rings. The van der Waals surface area contributed by atoms with E-state index in [9.17, 15) is 9.90 Å². The van der Waals surface area contributed by atoms with Gasteiger partial charge >= 0.3 is 0 Å². The Morgan fingerprint density at radius 1 is 1.30 bits per heavy atom. The summed E-state index contributed by atoms with van der Waals surface area (Å²) in [6, 6.07) is 5.61. The number of amides is 1. The van der Waals surface area contributed by atoms with Gasteiger partial charge in [0, 0.05) is 18.7 Å². The summed E-state index contributed by atoms with van der Waals surface area (Å²) in [6.45, 7) is 10.6. The van der Waals surface area contributed by atoms with Crippen LogP contribution in [-0.4, -0.2) is 35.1 Å². The molecule has 1 rings (SSSR count). The van der Waals surface area contributed by atoms with Gasteiger partial charge in [-0.3, -0.25) is 4.79 Å². The van der Waals surface area contributed by atoms with Crippen LogP contribution < -0.4 is 4.74 Å². The fraction of sp³-hybridized carbons (Fsp3) is 0.562. The van der Waals surface area contributed by atoms with Crippen LogP contribution in [0.5, 0.6) is 5.75 Å². The molecule has 4 heteroatoms. The van der Waals surface area contributed by atoms with Crippen LogP contribution in [0.2, 0.25) is 0 Å². The minimum atomic E-state index is -0.624. The van der Waals surface area contributed by atoms with Gasteiger partial charge in [-0.05, 0) is 46.2 Å². The van der Waals surface area contributed by atoms with E-state index in [0.29, 0.717) is 24.4 Å². The van der Waals surface area contributed by atoms with Crippen LogP contribution in [0.3, 0.4) is 0 Å². The Labute approximate surface area is 121 Å². The molecular weight excluding hydrogens is 254 g/mol. The summed E-state index contributed by atoms with van der Waals surface area (Å²) in [4.78, 5) is 14.0. The van der Waals surface area contributed by atoms with E-state index in [-0.39, 0.29) is 5.91 Å². The predicted octanol–water partition coefficient (Wildman–Crippen LogP) is 2.68. The second-order valence-electron chi connectivity index (χ2n) is 4.99. The van der Waals surface area contributed by atoms with E-state index in [0.717, 1.165) is 5.56 Å². The van der Waals surface area contributed by atoms with Crippen molar-refractivity contribution < 1.29 is 14.6 Å². The number of nitrogens with zero attached hydrogens (tertiary/aromatic N) is 1. The number of hydrogen-bond donors (Lipinski definition) is 1. The number of aliphatic hydroxyl groups excluding tert-OH is 1. The van der Waals surface area contributed by atoms with Crippen molar-refractivity contribution in [2.75, 3.05) is 13.1 Å². The zero-order chi connectivity index (χ0) is 15.3. The van der Waals surface area contributed by atoms with Crippen LogP contribution in [0.25, 0.3) is 0 Å². The maximum absolute atomic E-state index is 12.2. The van der Waals surface area contributed by atoms with Gasteiger partial charge in [0.2, 0.25) is 0 Å². The van der Waals surface area contributed by atoms with Crippen molar-refractivity contribution in [3.63, 3.8) is 0 Å². The Morgan fingerprint density at radius 3 is 2.40 bits per heavy atom. The van der Waals surface area contributed by atoms with Crippen molar-refractivity contribution in [2.24, 2.45) is 0 Å². The molecule has 112 valence electrons. The highest BCUT2D eigenvalue weighted by Crippen LogP contribution is 2.27. The molecule has 0 saturated carbocycles. The lowest BCUT2D eigenvalue weighted by molar-refractivity contribution is -0.137. The van der Waals surface area contributed by atoms with Gasteiger partial charge in [0.15, 0.2) is 6.10 Å². The van der Waals surface area contributed by atoms with Crippen LogP contribution in [0, 0.1) is 6.92 Å². The monoisotopic (exact) mass is 279 g/mol. The highest BCUT2D eigenvalue weighted by atomic mass is 16.5. The number of ether oxygens (including phenoxy) is 1. The normalized spacial score (nSPS) is 13.7. The molecule has 4 nitrogen and oxygen atoms in total. The molecular formula is C16H25NO3. The Kier molecular flexibility index (Phi) is 6.02. The summed E-state index contributed by atoms with van der Waals surface area (Å²) in [6.07, 6.45) is -1.18. The maximum Gasteiger partial charge on any atom is 0.263 e. The molecule has 0 bridgehead atoms. The largest absolute Gasteiger partial charge is 0.480 e. The van der Waals surface area contributed by atoms with Gasteiger partial charge in [0.25, 0.3) is 5.91 Å². The zero-order valence-corrected chi connectivity index (χ0v) is 13.0. The molecule has 0 radical (unpaired) electrons. The van der Waals surface area contributed by atoms with Crippen molar-refractivity contribution in [3.8, 4) is 5.75 Å². The first-order valence-electron chi connectivity index (χ1n) is 7.14. The molecule has 0 fully saturated rings. The molecule has 0 aromatic heterocycles. The topological polar surface area (TPSA) is 49.8 Å². The van der Waals surface area contributed by atoms with Gasteiger partial charge in [-0.25, -0.2) is 0 Å². The predicted molar refractivity (Wildman–Crippen MR) is 79.8 cm³/mol. The quantitative estimate of drug-likeness (QED) is 0.871. The number of rotatable bonds is 6. The number of aryl methyl sites for hydroxylation is 1. The average Bonchev–Trinajstić information content (AvgIpc) is 2.39. The molecule has 0 spiro atoms. The van der Waals surface area contributed by atoms with Crippen molar-refractivity contribution in [1.29, 1.82) is 0 Å². The van der Waals surface area contributed by atoms with Crippen molar-refractivity contribution in [2.45, 2.75) is 46.8 Å². The zero-order valence-electron chi connectivity index (χ0n) is 13.0. The first-order chi connectivity index (χ1) is 9.40. The summed E-state index contributed by atoms with van der Waals surface area (Å²) in [5.74, 6) is 0.543.